The standard InChI is InChI=1S/C24H26FN3O3/c1-17-7-3-4-8-19(17)15-27-11-13-28(14-12-27)24(29)23-20(18(2)31-26-23)16-30-22-10-6-5-9-21(22)25/h3-10H,11-16H2,1-2H3. The Morgan fingerprint density at radius 1 is 1.06 bits per heavy atom. The van der Waals surface area contributed by atoms with E-state index in [9.17, 15) is 9.18 Å². The second-order valence-corrected chi connectivity index (χ2v) is 7.78. The highest BCUT2D eigenvalue weighted by atomic mass is 19.1. The Hall–Kier alpha value is -3.19. The van der Waals surface area contributed by atoms with Crippen LogP contribution in [0.3, 0.4) is 0 Å². The highest BCUT2D eigenvalue weighted by Gasteiger charge is 2.28. The van der Waals surface area contributed by atoms with Gasteiger partial charge in [-0.05, 0) is 37.1 Å². The Labute approximate surface area is 181 Å². The second kappa shape index (κ2) is 9.31. The van der Waals surface area contributed by atoms with Crippen LogP contribution in [0.1, 0.15) is 32.9 Å². The van der Waals surface area contributed by atoms with Crippen LogP contribution in [0.2, 0.25) is 0 Å². The van der Waals surface area contributed by atoms with E-state index in [1.807, 2.05) is 6.07 Å². The Kier molecular flexibility index (Phi) is 6.32. The van der Waals surface area contributed by atoms with Crippen LogP contribution in [0.15, 0.2) is 53.1 Å². The van der Waals surface area contributed by atoms with E-state index in [1.165, 1.54) is 17.2 Å². The third-order valence-corrected chi connectivity index (χ3v) is 5.71. The molecule has 0 bridgehead atoms. The van der Waals surface area contributed by atoms with Gasteiger partial charge in [-0.15, -0.1) is 0 Å². The lowest BCUT2D eigenvalue weighted by Crippen LogP contribution is -2.48. The largest absolute Gasteiger partial charge is 0.486 e. The number of benzene rings is 2. The molecule has 0 saturated carbocycles. The number of hydrogen-bond acceptors (Lipinski definition) is 5. The fourth-order valence-electron chi connectivity index (χ4n) is 3.73. The summed E-state index contributed by atoms with van der Waals surface area (Å²) in [4.78, 5) is 17.2. The molecule has 162 valence electrons. The predicted molar refractivity (Wildman–Crippen MR) is 114 cm³/mol. The number of carbonyl (C=O) groups is 1. The molecule has 2 aromatic carbocycles. The van der Waals surface area contributed by atoms with E-state index in [0.29, 0.717) is 24.4 Å². The fourth-order valence-corrected chi connectivity index (χ4v) is 3.73. The summed E-state index contributed by atoms with van der Waals surface area (Å²) in [6.45, 7) is 7.55. The van der Waals surface area contributed by atoms with Crippen LogP contribution < -0.4 is 4.74 Å². The number of halogens is 1. The van der Waals surface area contributed by atoms with Crippen molar-refractivity contribution in [1.29, 1.82) is 0 Å². The first-order valence-corrected chi connectivity index (χ1v) is 10.4. The molecule has 1 aliphatic rings. The highest BCUT2D eigenvalue weighted by Crippen LogP contribution is 2.22. The molecule has 0 radical (unpaired) electrons. The first-order chi connectivity index (χ1) is 15.0. The molecule has 0 aliphatic carbocycles. The molecular formula is C24H26FN3O3. The van der Waals surface area contributed by atoms with Crippen LogP contribution in [0.25, 0.3) is 0 Å². The number of hydrogen-bond donors (Lipinski definition) is 0. The lowest BCUT2D eigenvalue weighted by molar-refractivity contribution is 0.0616. The summed E-state index contributed by atoms with van der Waals surface area (Å²) in [7, 11) is 0. The summed E-state index contributed by atoms with van der Waals surface area (Å²) < 4.78 is 24.7. The molecule has 1 amide bonds. The average molecular weight is 423 g/mol. The van der Waals surface area contributed by atoms with Crippen molar-refractivity contribution in [1.82, 2.24) is 15.0 Å². The molecule has 0 unspecified atom stereocenters. The van der Waals surface area contributed by atoms with Crippen LogP contribution in [-0.4, -0.2) is 47.0 Å². The van der Waals surface area contributed by atoms with Gasteiger partial charge in [-0.3, -0.25) is 9.69 Å². The number of aromatic nitrogens is 1. The van der Waals surface area contributed by atoms with Crippen LogP contribution in [0.5, 0.6) is 5.75 Å². The van der Waals surface area contributed by atoms with Gasteiger partial charge in [0.1, 0.15) is 12.4 Å². The quantitative estimate of drug-likeness (QED) is 0.601. The van der Waals surface area contributed by atoms with Gasteiger partial charge in [0.15, 0.2) is 17.3 Å². The van der Waals surface area contributed by atoms with Crippen LogP contribution in [0.4, 0.5) is 4.39 Å². The van der Waals surface area contributed by atoms with Gasteiger partial charge in [-0.2, -0.15) is 0 Å². The molecule has 1 fully saturated rings. The minimum Gasteiger partial charge on any atom is -0.486 e. The summed E-state index contributed by atoms with van der Waals surface area (Å²) >= 11 is 0. The smallest absolute Gasteiger partial charge is 0.276 e. The Bertz CT molecular complexity index is 1060. The number of para-hydroxylation sites is 1. The molecular weight excluding hydrogens is 397 g/mol. The van der Waals surface area contributed by atoms with Crippen molar-refractivity contribution in [2.45, 2.75) is 27.0 Å². The number of rotatable bonds is 6. The highest BCUT2D eigenvalue weighted by molar-refractivity contribution is 5.93. The summed E-state index contributed by atoms with van der Waals surface area (Å²) in [5.41, 5.74) is 3.37. The van der Waals surface area contributed by atoms with Gasteiger partial charge in [-0.1, -0.05) is 41.6 Å². The molecule has 3 aromatic rings. The van der Waals surface area contributed by atoms with E-state index in [2.05, 4.69) is 35.2 Å². The summed E-state index contributed by atoms with van der Waals surface area (Å²) in [6, 6.07) is 14.5. The van der Waals surface area contributed by atoms with Crippen LogP contribution >= 0.6 is 0 Å². The van der Waals surface area contributed by atoms with Crippen LogP contribution in [-0.2, 0) is 13.2 Å². The number of nitrogens with zero attached hydrogens (tertiary/aromatic N) is 3. The fraction of sp³-hybridized carbons (Fsp3) is 0.333. The second-order valence-electron chi connectivity index (χ2n) is 7.78. The predicted octanol–water partition coefficient (Wildman–Crippen LogP) is 3.97. The monoisotopic (exact) mass is 423 g/mol. The van der Waals surface area contributed by atoms with Crippen molar-refractivity contribution in [2.24, 2.45) is 0 Å². The minimum atomic E-state index is -0.450. The number of ether oxygens (including phenoxy) is 1. The van der Waals surface area contributed by atoms with Gasteiger partial charge >= 0.3 is 0 Å². The zero-order valence-corrected chi connectivity index (χ0v) is 17.8. The van der Waals surface area contributed by atoms with Gasteiger partial charge in [0.05, 0.1) is 5.56 Å². The van der Waals surface area contributed by atoms with Crippen molar-refractivity contribution in [3.8, 4) is 5.75 Å². The van der Waals surface area contributed by atoms with Gasteiger partial charge in [-0.25, -0.2) is 4.39 Å². The van der Waals surface area contributed by atoms with Crippen molar-refractivity contribution >= 4 is 5.91 Å². The number of carbonyl (C=O) groups excluding carboxylic acids is 1. The third kappa shape index (κ3) is 4.77. The van der Waals surface area contributed by atoms with Crippen molar-refractivity contribution < 1.29 is 18.4 Å². The van der Waals surface area contributed by atoms with Crippen molar-refractivity contribution in [2.75, 3.05) is 26.2 Å². The van der Waals surface area contributed by atoms with E-state index >= 15 is 0 Å². The number of aryl methyl sites for hydroxylation is 2. The molecule has 6 nitrogen and oxygen atoms in total. The van der Waals surface area contributed by atoms with Crippen molar-refractivity contribution in [3.05, 3.63) is 82.5 Å². The summed E-state index contributed by atoms with van der Waals surface area (Å²) in [6.07, 6.45) is 0. The van der Waals surface area contributed by atoms with Gasteiger partial charge in [0, 0.05) is 32.7 Å². The molecule has 1 aromatic heterocycles. The number of amides is 1. The molecule has 4 rings (SSSR count). The molecule has 2 heterocycles. The lowest BCUT2D eigenvalue weighted by atomic mass is 10.1. The van der Waals surface area contributed by atoms with Crippen molar-refractivity contribution in [3.63, 3.8) is 0 Å². The average Bonchev–Trinajstić information content (AvgIpc) is 3.15. The molecule has 0 atom stereocenters. The van der Waals surface area contributed by atoms with E-state index < -0.39 is 5.82 Å². The molecule has 1 saturated heterocycles. The third-order valence-electron chi connectivity index (χ3n) is 5.71. The Morgan fingerprint density at radius 3 is 2.52 bits per heavy atom. The number of piperazine rings is 1. The van der Waals surface area contributed by atoms with Gasteiger partial charge in [0.25, 0.3) is 5.91 Å². The summed E-state index contributed by atoms with van der Waals surface area (Å²) in [5.74, 6) is -0.00187. The Balaban J connectivity index is 1.38. The van der Waals surface area contributed by atoms with Gasteiger partial charge < -0.3 is 14.2 Å². The lowest BCUT2D eigenvalue weighted by Gasteiger charge is -2.34. The van der Waals surface area contributed by atoms with E-state index in [1.54, 1.807) is 30.0 Å². The minimum absolute atomic E-state index is 0.0184. The SMILES string of the molecule is Cc1ccccc1CN1CCN(C(=O)c2noc(C)c2COc2ccccc2F)CC1. The van der Waals surface area contributed by atoms with E-state index in [0.717, 1.165) is 19.6 Å². The normalized spacial score (nSPS) is 14.6. The molecule has 7 heteroatoms. The van der Waals surface area contributed by atoms with E-state index in [4.69, 9.17) is 9.26 Å². The van der Waals surface area contributed by atoms with Gasteiger partial charge in [0.2, 0.25) is 0 Å². The Morgan fingerprint density at radius 2 is 1.77 bits per heavy atom. The topological polar surface area (TPSA) is 58.8 Å². The first-order valence-electron chi connectivity index (χ1n) is 10.4. The molecule has 1 aliphatic heterocycles. The molecule has 0 N–H and O–H groups in total. The van der Waals surface area contributed by atoms with Crippen LogP contribution in [0, 0.1) is 19.7 Å². The summed E-state index contributed by atoms with van der Waals surface area (Å²) in [5, 5.41) is 3.97. The maximum absolute atomic E-state index is 13.8. The first kappa shape index (κ1) is 21.1. The zero-order chi connectivity index (χ0) is 21.8. The zero-order valence-electron chi connectivity index (χ0n) is 17.8. The maximum atomic E-state index is 13.8. The molecule has 31 heavy (non-hydrogen) atoms. The maximum Gasteiger partial charge on any atom is 0.276 e. The van der Waals surface area contributed by atoms with E-state index in [-0.39, 0.29) is 24.0 Å². The molecule has 0 spiro atoms.